The third-order valence-corrected chi connectivity index (χ3v) is 3.34. The molecule has 0 saturated heterocycles. The van der Waals surface area contributed by atoms with Gasteiger partial charge in [0.2, 0.25) is 0 Å². The van der Waals surface area contributed by atoms with Crippen LogP contribution in [-0.4, -0.2) is 19.3 Å². The Morgan fingerprint density at radius 3 is 2.33 bits per heavy atom. The Bertz CT molecular complexity index is 432. The van der Waals surface area contributed by atoms with Crippen molar-refractivity contribution >= 4 is 0 Å². The standard InChI is InChI=1S/C16H24F3NO/c1-5-20-14(15(11(3)4)21-6-2)12-8-7-9-13(10-12)16(17,18)19/h7-11,14-15,20H,5-6H2,1-4H3. The van der Waals surface area contributed by atoms with Crippen molar-refractivity contribution in [3.63, 3.8) is 0 Å². The van der Waals surface area contributed by atoms with Gasteiger partial charge in [0.25, 0.3) is 0 Å². The predicted molar refractivity (Wildman–Crippen MR) is 78.1 cm³/mol. The van der Waals surface area contributed by atoms with Crippen molar-refractivity contribution in [1.29, 1.82) is 0 Å². The summed E-state index contributed by atoms with van der Waals surface area (Å²) in [4.78, 5) is 0. The molecule has 5 heteroatoms. The topological polar surface area (TPSA) is 21.3 Å². The van der Waals surface area contributed by atoms with E-state index < -0.39 is 11.7 Å². The average molecular weight is 303 g/mol. The lowest BCUT2D eigenvalue weighted by Gasteiger charge is -2.31. The Labute approximate surface area is 124 Å². The molecule has 0 bridgehead atoms. The minimum atomic E-state index is -4.33. The Morgan fingerprint density at radius 2 is 1.86 bits per heavy atom. The van der Waals surface area contributed by atoms with Gasteiger partial charge in [-0.25, -0.2) is 0 Å². The van der Waals surface area contributed by atoms with Gasteiger partial charge in [-0.15, -0.1) is 0 Å². The molecular weight excluding hydrogens is 279 g/mol. The number of rotatable bonds is 7. The number of benzene rings is 1. The van der Waals surface area contributed by atoms with Gasteiger partial charge >= 0.3 is 6.18 Å². The maximum Gasteiger partial charge on any atom is 0.416 e. The van der Waals surface area contributed by atoms with E-state index in [0.717, 1.165) is 6.07 Å². The fraction of sp³-hybridized carbons (Fsp3) is 0.625. The van der Waals surface area contributed by atoms with Gasteiger partial charge in [-0.1, -0.05) is 32.9 Å². The molecule has 1 aromatic rings. The molecule has 0 aliphatic heterocycles. The van der Waals surface area contributed by atoms with E-state index in [2.05, 4.69) is 5.32 Å². The molecule has 120 valence electrons. The molecule has 21 heavy (non-hydrogen) atoms. The Balaban J connectivity index is 3.15. The van der Waals surface area contributed by atoms with Crippen molar-refractivity contribution in [2.24, 2.45) is 5.92 Å². The van der Waals surface area contributed by atoms with E-state index in [1.165, 1.54) is 12.1 Å². The Kier molecular flexibility index (Phi) is 6.68. The molecule has 2 atom stereocenters. The van der Waals surface area contributed by atoms with E-state index in [-0.39, 0.29) is 18.1 Å². The largest absolute Gasteiger partial charge is 0.416 e. The van der Waals surface area contributed by atoms with Crippen molar-refractivity contribution in [2.75, 3.05) is 13.2 Å². The van der Waals surface area contributed by atoms with Gasteiger partial charge in [-0.05, 0) is 37.1 Å². The van der Waals surface area contributed by atoms with Crippen LogP contribution in [-0.2, 0) is 10.9 Å². The van der Waals surface area contributed by atoms with Crippen molar-refractivity contribution in [3.05, 3.63) is 35.4 Å². The molecule has 0 aliphatic carbocycles. The van der Waals surface area contributed by atoms with Crippen LogP contribution in [0.2, 0.25) is 0 Å². The van der Waals surface area contributed by atoms with Crippen LogP contribution in [0.4, 0.5) is 13.2 Å². The van der Waals surface area contributed by atoms with Crippen LogP contribution in [0, 0.1) is 5.92 Å². The number of likely N-dealkylation sites (N-methyl/N-ethyl adjacent to an activating group) is 1. The van der Waals surface area contributed by atoms with Gasteiger partial charge in [0.05, 0.1) is 17.7 Å². The summed E-state index contributed by atoms with van der Waals surface area (Å²) in [5.41, 5.74) is -0.0132. The second-order valence-electron chi connectivity index (χ2n) is 5.32. The first-order valence-electron chi connectivity index (χ1n) is 7.33. The second kappa shape index (κ2) is 7.80. The molecule has 0 aliphatic rings. The third-order valence-electron chi connectivity index (χ3n) is 3.34. The number of ether oxygens (including phenoxy) is 1. The molecule has 2 nitrogen and oxygen atoms in total. The highest BCUT2D eigenvalue weighted by atomic mass is 19.4. The molecule has 0 radical (unpaired) electrons. The van der Waals surface area contributed by atoms with Crippen LogP contribution < -0.4 is 5.32 Å². The number of hydrogen-bond acceptors (Lipinski definition) is 2. The lowest BCUT2D eigenvalue weighted by molar-refractivity contribution is -0.137. The lowest BCUT2D eigenvalue weighted by Crippen LogP contribution is -2.37. The highest BCUT2D eigenvalue weighted by molar-refractivity contribution is 5.29. The zero-order valence-corrected chi connectivity index (χ0v) is 13.0. The van der Waals surface area contributed by atoms with Gasteiger partial charge in [0, 0.05) is 6.61 Å². The van der Waals surface area contributed by atoms with Crippen molar-refractivity contribution < 1.29 is 17.9 Å². The van der Waals surface area contributed by atoms with Crippen molar-refractivity contribution in [2.45, 2.75) is 46.0 Å². The normalized spacial score (nSPS) is 15.2. The van der Waals surface area contributed by atoms with Gasteiger partial charge < -0.3 is 10.1 Å². The summed E-state index contributed by atoms with van der Waals surface area (Å²) in [6, 6.07) is 5.22. The van der Waals surface area contributed by atoms with Crippen molar-refractivity contribution in [3.8, 4) is 0 Å². The summed E-state index contributed by atoms with van der Waals surface area (Å²) < 4.78 is 44.4. The highest BCUT2D eigenvalue weighted by Gasteiger charge is 2.32. The third kappa shape index (κ3) is 5.00. The molecule has 0 heterocycles. The quantitative estimate of drug-likeness (QED) is 0.805. The first-order valence-corrected chi connectivity index (χ1v) is 7.33. The number of nitrogens with one attached hydrogen (secondary N) is 1. The Morgan fingerprint density at radius 1 is 1.19 bits per heavy atom. The molecule has 1 rings (SSSR count). The fourth-order valence-corrected chi connectivity index (χ4v) is 2.42. The summed E-state index contributed by atoms with van der Waals surface area (Å²) in [7, 11) is 0. The van der Waals surface area contributed by atoms with E-state index in [1.807, 2.05) is 27.7 Å². The molecular formula is C16H24F3NO. The maximum absolute atomic E-state index is 12.9. The van der Waals surface area contributed by atoms with Crippen LogP contribution >= 0.6 is 0 Å². The number of alkyl halides is 3. The average Bonchev–Trinajstić information content (AvgIpc) is 2.41. The van der Waals surface area contributed by atoms with Gasteiger partial charge in [0.1, 0.15) is 0 Å². The van der Waals surface area contributed by atoms with E-state index in [0.29, 0.717) is 18.7 Å². The molecule has 0 aromatic heterocycles. The summed E-state index contributed by atoms with van der Waals surface area (Å²) in [5.74, 6) is 0.198. The van der Waals surface area contributed by atoms with E-state index in [4.69, 9.17) is 4.74 Å². The predicted octanol–water partition coefficient (Wildman–Crippen LogP) is 4.42. The lowest BCUT2D eigenvalue weighted by atomic mass is 9.92. The first kappa shape index (κ1) is 18.0. The molecule has 1 aromatic carbocycles. The summed E-state index contributed by atoms with van der Waals surface area (Å²) in [6.07, 6.45) is -4.50. The Hall–Kier alpha value is -1.07. The second-order valence-corrected chi connectivity index (χ2v) is 5.32. The minimum absolute atomic E-state index is 0.168. The smallest absolute Gasteiger partial charge is 0.376 e. The zero-order valence-electron chi connectivity index (χ0n) is 13.0. The summed E-state index contributed by atoms with van der Waals surface area (Å²) in [6.45, 7) is 9.05. The fourth-order valence-electron chi connectivity index (χ4n) is 2.42. The molecule has 0 amide bonds. The highest BCUT2D eigenvalue weighted by Crippen LogP contribution is 2.32. The van der Waals surface area contributed by atoms with E-state index in [9.17, 15) is 13.2 Å². The SMILES string of the molecule is CCNC(c1cccc(C(F)(F)F)c1)C(OCC)C(C)C. The van der Waals surface area contributed by atoms with Crippen LogP contribution in [0.15, 0.2) is 24.3 Å². The molecule has 0 saturated carbocycles. The van der Waals surface area contributed by atoms with Gasteiger partial charge in [0.15, 0.2) is 0 Å². The van der Waals surface area contributed by atoms with Gasteiger partial charge in [-0.2, -0.15) is 13.2 Å². The molecule has 2 unspecified atom stereocenters. The van der Waals surface area contributed by atoms with Crippen LogP contribution in [0.1, 0.15) is 44.9 Å². The summed E-state index contributed by atoms with van der Waals surface area (Å²) in [5, 5.41) is 3.25. The molecule has 1 N–H and O–H groups in total. The first-order chi connectivity index (χ1) is 9.81. The maximum atomic E-state index is 12.9. The van der Waals surface area contributed by atoms with E-state index in [1.54, 1.807) is 6.07 Å². The van der Waals surface area contributed by atoms with Gasteiger partial charge in [-0.3, -0.25) is 0 Å². The van der Waals surface area contributed by atoms with E-state index >= 15 is 0 Å². The number of halogens is 3. The number of hydrogen-bond donors (Lipinski definition) is 1. The van der Waals surface area contributed by atoms with Crippen molar-refractivity contribution in [1.82, 2.24) is 5.32 Å². The molecule has 0 fully saturated rings. The minimum Gasteiger partial charge on any atom is -0.376 e. The summed E-state index contributed by atoms with van der Waals surface area (Å²) >= 11 is 0. The zero-order chi connectivity index (χ0) is 16.0. The van der Waals surface area contributed by atoms with Crippen LogP contribution in [0.3, 0.4) is 0 Å². The monoisotopic (exact) mass is 303 g/mol. The van der Waals surface area contributed by atoms with Crippen LogP contribution in [0.25, 0.3) is 0 Å². The molecule has 0 spiro atoms. The van der Waals surface area contributed by atoms with Crippen LogP contribution in [0.5, 0.6) is 0 Å².